The first-order chi connectivity index (χ1) is 24.4. The van der Waals surface area contributed by atoms with E-state index < -0.39 is 34.6 Å². The van der Waals surface area contributed by atoms with Crippen LogP contribution in [0.4, 0.5) is 0 Å². The highest BCUT2D eigenvalue weighted by atomic mass is 80.9. The first-order valence-electron chi connectivity index (χ1n) is 16.1. The van der Waals surface area contributed by atoms with Crippen molar-refractivity contribution in [2.75, 3.05) is 65.4 Å². The van der Waals surface area contributed by atoms with Gasteiger partial charge in [-0.1, -0.05) is 47.8 Å². The fourth-order valence-electron chi connectivity index (χ4n) is 4.94. The molecule has 0 saturated carbocycles. The van der Waals surface area contributed by atoms with Gasteiger partial charge >= 0.3 is 0 Å². The molecule has 5 rings (SSSR count). The second-order valence-corrected chi connectivity index (χ2v) is 15.5. The van der Waals surface area contributed by atoms with Gasteiger partial charge in [-0.05, 0) is 0 Å². The summed E-state index contributed by atoms with van der Waals surface area (Å²) in [6.45, 7) is 3.65. The first kappa shape index (κ1) is 51.7. The van der Waals surface area contributed by atoms with Gasteiger partial charge in [0.1, 0.15) is 35.9 Å². The van der Waals surface area contributed by atoms with Crippen LogP contribution in [0.25, 0.3) is 0 Å². The van der Waals surface area contributed by atoms with Gasteiger partial charge < -0.3 is 71.2 Å². The maximum atomic E-state index is 11.0. The maximum Gasteiger partial charge on any atom is 0.295 e. The lowest BCUT2D eigenvalue weighted by Crippen LogP contribution is -3.10. The number of ketones is 2. The van der Waals surface area contributed by atoms with E-state index in [4.69, 9.17) is 10.2 Å². The summed E-state index contributed by atoms with van der Waals surface area (Å²) in [5, 5.41) is 89.7. The van der Waals surface area contributed by atoms with Crippen molar-refractivity contribution >= 4 is 87.6 Å². The fourth-order valence-corrected chi connectivity index (χ4v) is 6.57. The van der Waals surface area contributed by atoms with Crippen LogP contribution in [0.3, 0.4) is 0 Å². The Labute approximate surface area is 339 Å². The molecule has 0 aromatic rings. The second-order valence-electron chi connectivity index (χ2n) is 12.0. The van der Waals surface area contributed by atoms with Gasteiger partial charge in [0.15, 0.2) is 11.9 Å². The van der Waals surface area contributed by atoms with Gasteiger partial charge in [-0.3, -0.25) is 9.59 Å². The Kier molecular flexibility index (Phi) is 28.8. The van der Waals surface area contributed by atoms with E-state index in [9.17, 15) is 55.9 Å². The van der Waals surface area contributed by atoms with Crippen molar-refractivity contribution in [1.82, 2.24) is 0 Å². The molecule has 0 aromatic heterocycles. The molecule has 0 aromatic carbocycles. The standard InChI is InChI=1S/C5H9Br2NO.C5H8BrNO2.C5H9N3O7.C5H11NO3.C5H9NO2.Br2/c6-4-1-2-8(9)3-5(4)7;6-4-3-7(9)2-1-5(4)8;9-6-2-1-4(14-7(10)11)5(3-6)15-8(12)13;7-4-1-2-6(9)3-5(4)8;7-5-1-3-6(8)4-2-5;1-2/h4-5,8H,1-3H2;4,7H,1-3H2;4-6H,1-3H2;4-8H,1-3H2;6H,1-4H2;. The third-order valence-electron chi connectivity index (χ3n) is 7.88. The normalized spacial score (nSPS) is 34.6. The monoisotopic (exact) mass is 1080 g/mol. The zero-order chi connectivity index (χ0) is 40.0. The van der Waals surface area contributed by atoms with Crippen LogP contribution in [0.2, 0.25) is 0 Å². The molecule has 7 N–H and O–H groups in total. The number of hydrogen-bond donors (Lipinski definition) is 7. The molecule has 5 aliphatic rings. The lowest BCUT2D eigenvalue weighted by Gasteiger charge is -2.34. The van der Waals surface area contributed by atoms with Crippen LogP contribution in [0.15, 0.2) is 0 Å². The second kappa shape index (κ2) is 29.0. The molecule has 0 radical (unpaired) electrons. The number of nitrogens with zero attached hydrogens (tertiary/aromatic N) is 2. The molecule has 27 heteroatoms. The summed E-state index contributed by atoms with van der Waals surface area (Å²) in [6, 6.07) is 0. The number of carbonyl (C=O) groups is 2. The van der Waals surface area contributed by atoms with Crippen molar-refractivity contribution in [2.45, 2.75) is 77.4 Å². The van der Waals surface area contributed by atoms with Gasteiger partial charge in [-0.15, -0.1) is 20.2 Å². The maximum absolute atomic E-state index is 11.0. The topological polar surface area (TPSA) is 317 Å². The molecule has 0 aliphatic carbocycles. The number of hydroxylamine groups is 10. The van der Waals surface area contributed by atoms with Crippen LogP contribution in [0.5, 0.6) is 0 Å². The van der Waals surface area contributed by atoms with Gasteiger partial charge in [-0.25, -0.2) is 0 Å². The fraction of sp³-hybridized carbons (Fsp3) is 0.920. The van der Waals surface area contributed by atoms with Crippen molar-refractivity contribution < 1.29 is 65.0 Å². The Bertz CT molecular complexity index is 1020. The number of aliphatic hydroxyl groups excluding tert-OH is 2. The van der Waals surface area contributed by atoms with E-state index in [0.29, 0.717) is 79.7 Å². The Morgan fingerprint density at radius 3 is 1.48 bits per heavy atom. The van der Waals surface area contributed by atoms with Crippen molar-refractivity contribution in [1.29, 1.82) is 0 Å². The average molecular weight is 1080 g/mol. The van der Waals surface area contributed by atoms with E-state index in [1.807, 2.05) is 0 Å². The number of aliphatic hydroxyl groups is 2. The Morgan fingerprint density at radius 2 is 1.04 bits per heavy atom. The molecule has 0 bridgehead atoms. The van der Waals surface area contributed by atoms with Crippen molar-refractivity contribution in [3.63, 3.8) is 0 Å². The van der Waals surface area contributed by atoms with Crippen molar-refractivity contribution in [3.05, 3.63) is 46.3 Å². The number of alkyl halides is 3. The van der Waals surface area contributed by atoms with E-state index in [0.717, 1.165) is 13.0 Å². The molecule has 11 atom stereocenters. The predicted octanol–water partition coefficient (Wildman–Crippen LogP) is -4.75. The molecule has 306 valence electrons. The molecule has 5 saturated heterocycles. The average Bonchev–Trinajstić information content (AvgIpc) is 3.07. The molecular formula is C25H46Br5N7O15. The van der Waals surface area contributed by atoms with Crippen LogP contribution < -0.4 is 25.3 Å². The molecular weight excluding hydrogens is 1040 g/mol. The lowest BCUT2D eigenvalue weighted by atomic mass is 10.1. The summed E-state index contributed by atoms with van der Waals surface area (Å²) >= 11 is 15.5. The van der Waals surface area contributed by atoms with Crippen LogP contribution >= 0.6 is 76.0 Å². The SMILES string of the molecule is BrBr.O=C1CC[NH+]([O-])CC1.O=C1CC[NH+]([O-])CC1Br.O=[N+]([O-])OC1CC[NH+]([O-])CC1O[N+](=O)[O-].[O-][NH+]1CCC(Br)C(Br)C1.[O-][NH+]1CCC(O)C(O)C1. The minimum atomic E-state index is -1.19. The molecule has 52 heavy (non-hydrogen) atoms. The van der Waals surface area contributed by atoms with E-state index in [1.165, 1.54) is 0 Å². The number of nitrogens with one attached hydrogen (secondary N) is 5. The summed E-state index contributed by atoms with van der Waals surface area (Å²) in [7, 11) is 0. The number of halogens is 5. The molecule has 0 amide bonds. The summed E-state index contributed by atoms with van der Waals surface area (Å²) in [4.78, 5) is 50.3. The van der Waals surface area contributed by atoms with Crippen molar-refractivity contribution in [3.8, 4) is 0 Å². The largest absolute Gasteiger partial charge is 0.634 e. The highest BCUT2D eigenvalue weighted by Crippen LogP contribution is 2.17. The lowest BCUT2D eigenvalue weighted by molar-refractivity contribution is -0.886. The molecule has 5 aliphatic heterocycles. The number of Topliss-reactive ketones (excluding diaryl/α,β-unsaturated/α-hetero) is 2. The molecule has 5 fully saturated rings. The van der Waals surface area contributed by atoms with Crippen LogP contribution in [-0.2, 0) is 19.3 Å². The summed E-state index contributed by atoms with van der Waals surface area (Å²) < 4.78 is 0. The number of carbonyl (C=O) groups excluding carboxylic acids is 2. The predicted molar refractivity (Wildman–Crippen MR) is 200 cm³/mol. The number of piperidine rings is 5. The number of quaternary nitrogens is 5. The van der Waals surface area contributed by atoms with Crippen LogP contribution in [0, 0.1) is 46.3 Å². The molecule has 22 nitrogen and oxygen atoms in total. The Balaban J connectivity index is 0.000000630. The highest BCUT2D eigenvalue weighted by molar-refractivity contribution is 9.93. The number of rotatable bonds is 4. The minimum absolute atomic E-state index is 0.0489. The minimum Gasteiger partial charge on any atom is -0.634 e. The third kappa shape index (κ3) is 24.2. The zero-order valence-corrected chi connectivity index (χ0v) is 35.8. The van der Waals surface area contributed by atoms with Gasteiger partial charge in [0.2, 0.25) is 0 Å². The van der Waals surface area contributed by atoms with Gasteiger partial charge in [0.25, 0.3) is 10.2 Å². The Morgan fingerprint density at radius 1 is 0.577 bits per heavy atom. The van der Waals surface area contributed by atoms with Crippen LogP contribution in [0.1, 0.15) is 38.5 Å². The van der Waals surface area contributed by atoms with E-state index >= 15 is 0 Å². The summed E-state index contributed by atoms with van der Waals surface area (Å²) in [6.07, 6.45) is -0.886. The molecule has 0 spiro atoms. The summed E-state index contributed by atoms with van der Waals surface area (Å²) in [5.74, 6) is 0.402. The van der Waals surface area contributed by atoms with Gasteiger partial charge in [0.05, 0.1) is 82.6 Å². The van der Waals surface area contributed by atoms with Crippen molar-refractivity contribution in [2.24, 2.45) is 0 Å². The smallest absolute Gasteiger partial charge is 0.295 e. The van der Waals surface area contributed by atoms with E-state index in [-0.39, 0.29) is 62.7 Å². The third-order valence-corrected chi connectivity index (χ3v) is 11.5. The van der Waals surface area contributed by atoms with Gasteiger partial charge in [-0.2, -0.15) is 0 Å². The quantitative estimate of drug-likeness (QED) is 0.0602. The van der Waals surface area contributed by atoms with Gasteiger partial charge in [0, 0.05) is 52.3 Å². The highest BCUT2D eigenvalue weighted by Gasteiger charge is 2.35. The van der Waals surface area contributed by atoms with E-state index in [2.05, 4.69) is 85.7 Å². The first-order valence-corrected chi connectivity index (χ1v) is 22.5. The van der Waals surface area contributed by atoms with E-state index in [1.54, 1.807) is 0 Å². The molecule has 11 unspecified atom stereocenters. The summed E-state index contributed by atoms with van der Waals surface area (Å²) in [5.41, 5.74) is 0. The molecule has 5 heterocycles. The van der Waals surface area contributed by atoms with Crippen LogP contribution in [-0.4, -0.2) is 136 Å². The number of hydrogen-bond acceptors (Lipinski definition) is 15. The zero-order valence-electron chi connectivity index (χ0n) is 27.8. The Hall–Kier alpha value is -0.340.